The molecular formula is C20H23F2N3O5. The Labute approximate surface area is 172 Å². The van der Waals surface area contributed by atoms with Gasteiger partial charge in [-0.05, 0) is 30.3 Å². The molecule has 1 fully saturated rings. The average molecular weight is 423 g/mol. The summed E-state index contributed by atoms with van der Waals surface area (Å²) in [5, 5.41) is 11.5. The van der Waals surface area contributed by atoms with Crippen LogP contribution >= 0.6 is 0 Å². The van der Waals surface area contributed by atoms with E-state index in [0.29, 0.717) is 25.2 Å². The molecule has 0 N–H and O–H groups in total. The summed E-state index contributed by atoms with van der Waals surface area (Å²) in [4.78, 5) is 15.2. The van der Waals surface area contributed by atoms with Crippen molar-refractivity contribution in [3.05, 3.63) is 52.1 Å². The molecule has 0 aromatic heterocycles. The van der Waals surface area contributed by atoms with Gasteiger partial charge in [0.2, 0.25) is 0 Å². The van der Waals surface area contributed by atoms with Crippen LogP contribution in [-0.2, 0) is 6.54 Å². The van der Waals surface area contributed by atoms with E-state index in [4.69, 9.17) is 9.47 Å². The number of hydrogen-bond acceptors (Lipinski definition) is 7. The molecule has 0 amide bonds. The highest BCUT2D eigenvalue weighted by Gasteiger charge is 2.25. The molecule has 2 aromatic rings. The summed E-state index contributed by atoms with van der Waals surface area (Å²) in [6.07, 6.45) is 0. The van der Waals surface area contributed by atoms with Crippen molar-refractivity contribution in [1.29, 1.82) is 0 Å². The first-order valence-corrected chi connectivity index (χ1v) is 9.32. The number of halogens is 2. The number of nitrogens with zero attached hydrogens (tertiary/aromatic N) is 3. The number of anilines is 1. The Morgan fingerprint density at radius 1 is 1.03 bits per heavy atom. The lowest BCUT2D eigenvalue weighted by molar-refractivity contribution is -0.385. The van der Waals surface area contributed by atoms with Crippen molar-refractivity contribution in [2.45, 2.75) is 13.2 Å². The van der Waals surface area contributed by atoms with Crippen LogP contribution in [0, 0.1) is 10.1 Å². The van der Waals surface area contributed by atoms with Gasteiger partial charge in [-0.15, -0.1) is 0 Å². The Morgan fingerprint density at radius 2 is 1.70 bits per heavy atom. The highest BCUT2D eigenvalue weighted by atomic mass is 19.3. The van der Waals surface area contributed by atoms with E-state index in [0.717, 1.165) is 30.6 Å². The summed E-state index contributed by atoms with van der Waals surface area (Å²) < 4.78 is 39.8. The van der Waals surface area contributed by atoms with Crippen molar-refractivity contribution in [2.24, 2.45) is 0 Å². The molecule has 0 saturated carbocycles. The van der Waals surface area contributed by atoms with Gasteiger partial charge in [-0.3, -0.25) is 15.0 Å². The van der Waals surface area contributed by atoms with Crippen LogP contribution in [0.2, 0.25) is 0 Å². The van der Waals surface area contributed by atoms with Crippen LogP contribution in [-0.4, -0.2) is 56.8 Å². The predicted molar refractivity (Wildman–Crippen MR) is 107 cm³/mol. The van der Waals surface area contributed by atoms with Crippen molar-refractivity contribution in [1.82, 2.24) is 4.90 Å². The molecule has 0 bridgehead atoms. The maximum atomic E-state index is 12.6. The van der Waals surface area contributed by atoms with Crippen LogP contribution in [0.5, 0.6) is 17.2 Å². The molecule has 1 aliphatic heterocycles. The minimum atomic E-state index is -3.10. The molecule has 3 rings (SSSR count). The maximum Gasteiger partial charge on any atom is 0.387 e. The number of nitro benzene ring substituents is 1. The topological polar surface area (TPSA) is 77.3 Å². The van der Waals surface area contributed by atoms with Gasteiger partial charge in [0, 0.05) is 44.0 Å². The third kappa shape index (κ3) is 5.07. The molecule has 0 unspecified atom stereocenters. The van der Waals surface area contributed by atoms with Gasteiger partial charge >= 0.3 is 6.61 Å². The molecule has 0 aliphatic carbocycles. The summed E-state index contributed by atoms with van der Waals surface area (Å²) in [7, 11) is 2.92. The molecular weight excluding hydrogens is 400 g/mol. The SMILES string of the molecule is COc1ccc(N2CCN(Cc3cc(OC)c(OC(F)F)cc3[N+](=O)[O-])CC2)cc1. The quantitative estimate of drug-likeness (QED) is 0.475. The number of benzene rings is 2. The van der Waals surface area contributed by atoms with E-state index < -0.39 is 11.5 Å². The lowest BCUT2D eigenvalue weighted by Gasteiger charge is -2.36. The smallest absolute Gasteiger partial charge is 0.387 e. The highest BCUT2D eigenvalue weighted by Crippen LogP contribution is 2.36. The van der Waals surface area contributed by atoms with E-state index >= 15 is 0 Å². The number of rotatable bonds is 8. The second kappa shape index (κ2) is 9.57. The average Bonchev–Trinajstić information content (AvgIpc) is 2.74. The van der Waals surface area contributed by atoms with Crippen LogP contribution in [0.4, 0.5) is 20.2 Å². The minimum absolute atomic E-state index is 0.0350. The molecule has 1 aliphatic rings. The number of hydrogen-bond donors (Lipinski definition) is 0. The molecule has 30 heavy (non-hydrogen) atoms. The summed E-state index contributed by atoms with van der Waals surface area (Å²) >= 11 is 0. The van der Waals surface area contributed by atoms with Gasteiger partial charge in [-0.1, -0.05) is 0 Å². The lowest BCUT2D eigenvalue weighted by Crippen LogP contribution is -2.46. The zero-order chi connectivity index (χ0) is 21.7. The normalized spacial score (nSPS) is 14.6. The predicted octanol–water partition coefficient (Wildman–Crippen LogP) is 3.54. The standard InChI is InChI=1S/C20H23F2N3O5/c1-28-16-5-3-15(4-6-16)24-9-7-23(8-10-24)13-14-11-18(29-2)19(30-20(21)22)12-17(14)25(26)27/h3-6,11-12,20H,7-10,13H2,1-2H3. The zero-order valence-corrected chi connectivity index (χ0v) is 16.7. The molecule has 8 nitrogen and oxygen atoms in total. The largest absolute Gasteiger partial charge is 0.497 e. The number of piperazine rings is 1. The minimum Gasteiger partial charge on any atom is -0.497 e. The fourth-order valence-corrected chi connectivity index (χ4v) is 3.43. The van der Waals surface area contributed by atoms with Crippen molar-refractivity contribution >= 4 is 11.4 Å². The molecule has 0 atom stereocenters. The third-order valence-electron chi connectivity index (χ3n) is 4.98. The van der Waals surface area contributed by atoms with Gasteiger partial charge < -0.3 is 19.1 Å². The fourth-order valence-electron chi connectivity index (χ4n) is 3.43. The number of nitro groups is 1. The monoisotopic (exact) mass is 423 g/mol. The van der Waals surface area contributed by atoms with Crippen molar-refractivity contribution in [2.75, 3.05) is 45.3 Å². The molecule has 10 heteroatoms. The fraction of sp³-hybridized carbons (Fsp3) is 0.400. The summed E-state index contributed by atoms with van der Waals surface area (Å²) in [5.74, 6) is 0.470. The van der Waals surface area contributed by atoms with E-state index in [1.165, 1.54) is 13.2 Å². The Kier molecular flexibility index (Phi) is 6.88. The summed E-state index contributed by atoms with van der Waals surface area (Å²) in [6.45, 7) is 0.100. The molecule has 2 aromatic carbocycles. The van der Waals surface area contributed by atoms with Crippen molar-refractivity contribution in [3.8, 4) is 17.2 Å². The van der Waals surface area contributed by atoms with Crippen LogP contribution in [0.25, 0.3) is 0 Å². The van der Waals surface area contributed by atoms with E-state index in [-0.39, 0.29) is 17.2 Å². The Hall–Kier alpha value is -3.14. The molecule has 1 heterocycles. The van der Waals surface area contributed by atoms with Crippen molar-refractivity contribution < 1.29 is 27.9 Å². The van der Waals surface area contributed by atoms with E-state index in [1.54, 1.807) is 7.11 Å². The van der Waals surface area contributed by atoms with E-state index in [1.807, 2.05) is 24.3 Å². The lowest BCUT2D eigenvalue weighted by atomic mass is 10.1. The third-order valence-corrected chi connectivity index (χ3v) is 4.98. The van der Waals surface area contributed by atoms with Gasteiger partial charge in [0.05, 0.1) is 25.2 Å². The Morgan fingerprint density at radius 3 is 2.23 bits per heavy atom. The number of methoxy groups -OCH3 is 2. The molecule has 0 spiro atoms. The second-order valence-electron chi connectivity index (χ2n) is 6.73. The van der Waals surface area contributed by atoms with Crippen LogP contribution in [0.1, 0.15) is 5.56 Å². The van der Waals surface area contributed by atoms with Crippen molar-refractivity contribution in [3.63, 3.8) is 0 Å². The van der Waals surface area contributed by atoms with E-state index in [2.05, 4.69) is 14.5 Å². The maximum absolute atomic E-state index is 12.6. The Balaban J connectivity index is 1.70. The van der Waals surface area contributed by atoms with Gasteiger partial charge in [-0.25, -0.2) is 0 Å². The van der Waals surface area contributed by atoms with E-state index in [9.17, 15) is 18.9 Å². The number of alkyl halides is 2. The van der Waals surface area contributed by atoms with Crippen LogP contribution in [0.3, 0.4) is 0 Å². The first kappa shape index (κ1) is 21.6. The summed E-state index contributed by atoms with van der Waals surface area (Å²) in [5.41, 5.74) is 1.19. The zero-order valence-electron chi connectivity index (χ0n) is 16.7. The van der Waals surface area contributed by atoms with Crippen LogP contribution in [0.15, 0.2) is 36.4 Å². The number of ether oxygens (including phenoxy) is 3. The highest BCUT2D eigenvalue weighted by molar-refractivity contribution is 5.54. The first-order chi connectivity index (χ1) is 14.4. The summed E-state index contributed by atoms with van der Waals surface area (Å²) in [6, 6.07) is 10.2. The molecule has 162 valence electrons. The van der Waals surface area contributed by atoms with Gasteiger partial charge in [0.25, 0.3) is 5.69 Å². The van der Waals surface area contributed by atoms with Gasteiger partial charge in [-0.2, -0.15) is 8.78 Å². The van der Waals surface area contributed by atoms with Gasteiger partial charge in [0.15, 0.2) is 11.5 Å². The molecule has 1 saturated heterocycles. The van der Waals surface area contributed by atoms with Crippen LogP contribution < -0.4 is 19.1 Å². The Bertz CT molecular complexity index is 871. The molecule has 0 radical (unpaired) electrons. The second-order valence-corrected chi connectivity index (χ2v) is 6.73. The first-order valence-electron chi connectivity index (χ1n) is 9.32. The van der Waals surface area contributed by atoms with Gasteiger partial charge in [0.1, 0.15) is 5.75 Å².